The van der Waals surface area contributed by atoms with Gasteiger partial charge in [-0.25, -0.2) is 0 Å². The zero-order chi connectivity index (χ0) is 10.9. The van der Waals surface area contributed by atoms with Crippen molar-refractivity contribution in [1.29, 1.82) is 0 Å². The smallest absolute Gasteiger partial charge is 0.231 e. The summed E-state index contributed by atoms with van der Waals surface area (Å²) in [4.78, 5) is 12.0. The van der Waals surface area contributed by atoms with E-state index in [0.717, 1.165) is 25.7 Å². The van der Waals surface area contributed by atoms with Gasteiger partial charge in [0.05, 0.1) is 11.9 Å². The van der Waals surface area contributed by atoms with Crippen LogP contribution in [0.3, 0.4) is 0 Å². The maximum atomic E-state index is 12.0. The molecule has 0 aromatic carbocycles. The monoisotopic (exact) mass is 208 g/mol. The number of anilines is 2. The van der Waals surface area contributed by atoms with Crippen molar-refractivity contribution in [1.82, 2.24) is 10.2 Å². The molecule has 0 unspecified atom stereocenters. The Morgan fingerprint density at radius 3 is 2.80 bits per heavy atom. The fourth-order valence-corrected chi connectivity index (χ4v) is 2.04. The number of amides is 1. The van der Waals surface area contributed by atoms with Crippen LogP contribution < -0.4 is 11.1 Å². The number of aromatic amines is 1. The molecular formula is C10H16N4O. The molecule has 82 valence electrons. The van der Waals surface area contributed by atoms with E-state index < -0.39 is 0 Å². The van der Waals surface area contributed by atoms with E-state index in [0.29, 0.717) is 11.5 Å². The third-order valence-corrected chi connectivity index (χ3v) is 3.16. The lowest BCUT2D eigenvalue weighted by molar-refractivity contribution is -0.124. The summed E-state index contributed by atoms with van der Waals surface area (Å²) in [5.74, 6) is 0.545. The van der Waals surface area contributed by atoms with Crippen LogP contribution in [0.2, 0.25) is 0 Å². The van der Waals surface area contributed by atoms with Gasteiger partial charge in [-0.15, -0.1) is 0 Å². The van der Waals surface area contributed by atoms with E-state index in [1.165, 1.54) is 6.20 Å². The number of hydrogen-bond donors (Lipinski definition) is 3. The van der Waals surface area contributed by atoms with Crippen molar-refractivity contribution in [2.45, 2.75) is 32.6 Å². The van der Waals surface area contributed by atoms with Gasteiger partial charge in [-0.3, -0.25) is 9.89 Å². The van der Waals surface area contributed by atoms with Crippen LogP contribution in [0.4, 0.5) is 11.5 Å². The number of H-pyrrole nitrogens is 1. The van der Waals surface area contributed by atoms with Gasteiger partial charge in [-0.05, 0) is 12.8 Å². The van der Waals surface area contributed by atoms with Gasteiger partial charge < -0.3 is 11.1 Å². The Hall–Kier alpha value is -1.52. The normalized spacial score (nSPS) is 19.0. The van der Waals surface area contributed by atoms with Crippen LogP contribution in [0.5, 0.6) is 0 Å². The van der Waals surface area contributed by atoms with Crippen LogP contribution in [0.1, 0.15) is 32.6 Å². The minimum absolute atomic E-state index is 0.0379. The molecule has 1 saturated carbocycles. The third kappa shape index (κ3) is 1.82. The van der Waals surface area contributed by atoms with E-state index >= 15 is 0 Å². The summed E-state index contributed by atoms with van der Waals surface area (Å²) in [6.07, 6.45) is 5.65. The first-order valence-electron chi connectivity index (χ1n) is 5.22. The maximum absolute atomic E-state index is 12.0. The highest BCUT2D eigenvalue weighted by atomic mass is 16.2. The lowest BCUT2D eigenvalue weighted by atomic mass is 9.88. The van der Waals surface area contributed by atoms with E-state index in [4.69, 9.17) is 5.73 Å². The van der Waals surface area contributed by atoms with Crippen molar-refractivity contribution >= 4 is 17.4 Å². The second-order valence-electron chi connectivity index (χ2n) is 4.42. The van der Waals surface area contributed by atoms with Gasteiger partial charge >= 0.3 is 0 Å². The molecule has 0 radical (unpaired) electrons. The Morgan fingerprint density at radius 1 is 1.60 bits per heavy atom. The first kappa shape index (κ1) is 10.0. The summed E-state index contributed by atoms with van der Waals surface area (Å²) in [6.45, 7) is 2.00. The molecule has 0 atom stereocenters. The molecule has 1 aliphatic rings. The van der Waals surface area contributed by atoms with Crippen LogP contribution in [-0.4, -0.2) is 16.1 Å². The van der Waals surface area contributed by atoms with E-state index in [2.05, 4.69) is 15.5 Å². The standard InChI is InChI=1S/C10H16N4O/c1-10(4-2-3-5-10)9(15)13-8-7(11)6-12-14-8/h6H,2-5,11H2,1H3,(H2,12,13,14,15). The van der Waals surface area contributed by atoms with E-state index in [9.17, 15) is 4.79 Å². The van der Waals surface area contributed by atoms with Gasteiger partial charge in [0.1, 0.15) is 0 Å². The number of carbonyl (C=O) groups excluding carboxylic acids is 1. The summed E-state index contributed by atoms with van der Waals surface area (Å²) >= 11 is 0. The zero-order valence-corrected chi connectivity index (χ0v) is 8.84. The zero-order valence-electron chi connectivity index (χ0n) is 8.84. The fraction of sp³-hybridized carbons (Fsp3) is 0.600. The summed E-state index contributed by atoms with van der Waals surface area (Å²) in [7, 11) is 0. The molecule has 1 amide bonds. The third-order valence-electron chi connectivity index (χ3n) is 3.16. The number of nitrogens with two attached hydrogens (primary N) is 1. The van der Waals surface area contributed by atoms with Crippen LogP contribution in [0.15, 0.2) is 6.20 Å². The number of nitrogens with zero attached hydrogens (tertiary/aromatic N) is 1. The second kappa shape index (κ2) is 3.56. The predicted octanol–water partition coefficient (Wildman–Crippen LogP) is 1.51. The van der Waals surface area contributed by atoms with E-state index in [1.54, 1.807) is 0 Å². The minimum atomic E-state index is -0.239. The Morgan fingerprint density at radius 2 is 2.27 bits per heavy atom. The summed E-state index contributed by atoms with van der Waals surface area (Å²) in [5.41, 5.74) is 5.86. The first-order chi connectivity index (χ1) is 7.12. The fourth-order valence-electron chi connectivity index (χ4n) is 2.04. The van der Waals surface area contributed by atoms with Crippen LogP contribution in [0.25, 0.3) is 0 Å². The molecule has 5 heteroatoms. The highest BCUT2D eigenvalue weighted by Gasteiger charge is 2.36. The molecule has 15 heavy (non-hydrogen) atoms. The van der Waals surface area contributed by atoms with Crippen molar-refractivity contribution in [3.8, 4) is 0 Å². The number of nitrogens with one attached hydrogen (secondary N) is 2. The van der Waals surface area contributed by atoms with Gasteiger partial charge in [0.15, 0.2) is 5.82 Å². The Balaban J connectivity index is 2.07. The first-order valence-corrected chi connectivity index (χ1v) is 5.22. The lowest BCUT2D eigenvalue weighted by Gasteiger charge is -2.21. The Kier molecular flexibility index (Phi) is 2.38. The molecule has 1 aromatic heterocycles. The molecule has 0 spiro atoms. The van der Waals surface area contributed by atoms with Gasteiger partial charge in [0.25, 0.3) is 0 Å². The molecule has 1 fully saturated rings. The van der Waals surface area contributed by atoms with E-state index in [-0.39, 0.29) is 11.3 Å². The van der Waals surface area contributed by atoms with Gasteiger partial charge in [-0.2, -0.15) is 5.10 Å². The molecule has 0 saturated heterocycles. The second-order valence-corrected chi connectivity index (χ2v) is 4.42. The number of nitrogen functional groups attached to an aromatic ring is 1. The molecule has 1 aromatic rings. The largest absolute Gasteiger partial charge is 0.394 e. The SMILES string of the molecule is CC1(C(=O)Nc2[nH]ncc2N)CCCC1. The van der Waals surface area contributed by atoms with Crippen LogP contribution in [-0.2, 0) is 4.79 Å². The van der Waals surface area contributed by atoms with E-state index in [1.807, 2.05) is 6.92 Å². The van der Waals surface area contributed by atoms with Crippen molar-refractivity contribution in [3.63, 3.8) is 0 Å². The van der Waals surface area contributed by atoms with Crippen molar-refractivity contribution in [2.75, 3.05) is 11.1 Å². The molecule has 1 heterocycles. The summed E-state index contributed by atoms with van der Waals surface area (Å²) in [5, 5.41) is 9.22. The van der Waals surface area contributed by atoms with Gasteiger partial charge in [0, 0.05) is 5.41 Å². The molecular weight excluding hydrogens is 192 g/mol. The molecule has 5 nitrogen and oxygen atoms in total. The number of rotatable bonds is 2. The number of aromatic nitrogens is 2. The lowest BCUT2D eigenvalue weighted by Crippen LogP contribution is -2.31. The summed E-state index contributed by atoms with van der Waals surface area (Å²) < 4.78 is 0. The topological polar surface area (TPSA) is 83.8 Å². The van der Waals surface area contributed by atoms with Crippen molar-refractivity contribution < 1.29 is 4.79 Å². The Labute approximate surface area is 88.4 Å². The highest BCUT2D eigenvalue weighted by Crippen LogP contribution is 2.38. The predicted molar refractivity (Wildman–Crippen MR) is 58.2 cm³/mol. The maximum Gasteiger partial charge on any atom is 0.231 e. The highest BCUT2D eigenvalue weighted by molar-refractivity contribution is 5.96. The quantitative estimate of drug-likeness (QED) is 0.688. The average Bonchev–Trinajstić information content (AvgIpc) is 2.78. The Bertz CT molecular complexity index is 365. The molecule has 1 aliphatic carbocycles. The average molecular weight is 208 g/mol. The molecule has 0 aliphatic heterocycles. The number of carbonyl (C=O) groups is 1. The van der Waals surface area contributed by atoms with Gasteiger partial charge in [-0.1, -0.05) is 19.8 Å². The van der Waals surface area contributed by atoms with Crippen LogP contribution in [0, 0.1) is 5.41 Å². The number of hydrogen-bond acceptors (Lipinski definition) is 3. The molecule has 2 rings (SSSR count). The minimum Gasteiger partial charge on any atom is -0.394 e. The van der Waals surface area contributed by atoms with Crippen molar-refractivity contribution in [2.24, 2.45) is 5.41 Å². The van der Waals surface area contributed by atoms with Crippen LogP contribution >= 0.6 is 0 Å². The van der Waals surface area contributed by atoms with Gasteiger partial charge in [0.2, 0.25) is 5.91 Å². The molecule has 4 N–H and O–H groups in total. The van der Waals surface area contributed by atoms with Crippen molar-refractivity contribution in [3.05, 3.63) is 6.20 Å². The molecule has 0 bridgehead atoms. The summed E-state index contributed by atoms with van der Waals surface area (Å²) in [6, 6.07) is 0.